The van der Waals surface area contributed by atoms with Crippen LogP contribution in [-0.4, -0.2) is 12.7 Å². The van der Waals surface area contributed by atoms with Gasteiger partial charge >= 0.3 is 0 Å². The summed E-state index contributed by atoms with van der Waals surface area (Å²) in [5, 5.41) is 0. The standard InChI is InChI=1S/C9H16O/c1-2-10-8-3-4-9(7-8)5-6-9/h8H,2-7H2,1H3. The summed E-state index contributed by atoms with van der Waals surface area (Å²) in [7, 11) is 0. The molecule has 1 nitrogen and oxygen atoms in total. The van der Waals surface area contributed by atoms with E-state index in [4.69, 9.17) is 4.74 Å². The Hall–Kier alpha value is -0.0400. The molecule has 10 heavy (non-hydrogen) atoms. The van der Waals surface area contributed by atoms with Crippen molar-refractivity contribution in [1.29, 1.82) is 0 Å². The Morgan fingerprint density at radius 2 is 2.20 bits per heavy atom. The van der Waals surface area contributed by atoms with E-state index < -0.39 is 0 Å². The van der Waals surface area contributed by atoms with Crippen LogP contribution in [0.2, 0.25) is 0 Å². The van der Waals surface area contributed by atoms with Crippen molar-refractivity contribution in [2.24, 2.45) is 5.41 Å². The van der Waals surface area contributed by atoms with Gasteiger partial charge in [-0.25, -0.2) is 0 Å². The molecule has 58 valence electrons. The Kier molecular flexibility index (Phi) is 1.48. The van der Waals surface area contributed by atoms with E-state index in [2.05, 4.69) is 6.92 Å². The second-order valence-electron chi connectivity index (χ2n) is 3.82. The first-order valence-corrected chi connectivity index (χ1v) is 4.46. The highest BCUT2D eigenvalue weighted by molar-refractivity contribution is 4.99. The minimum Gasteiger partial charge on any atom is -0.378 e. The molecular weight excluding hydrogens is 124 g/mol. The van der Waals surface area contributed by atoms with Crippen LogP contribution >= 0.6 is 0 Å². The van der Waals surface area contributed by atoms with Gasteiger partial charge in [-0.2, -0.15) is 0 Å². The van der Waals surface area contributed by atoms with Crippen molar-refractivity contribution in [2.75, 3.05) is 6.61 Å². The fourth-order valence-corrected chi connectivity index (χ4v) is 2.16. The van der Waals surface area contributed by atoms with Gasteiger partial charge in [0.25, 0.3) is 0 Å². The van der Waals surface area contributed by atoms with Gasteiger partial charge in [-0.1, -0.05) is 0 Å². The molecule has 0 aromatic carbocycles. The maximum absolute atomic E-state index is 5.58. The third-order valence-electron chi connectivity index (χ3n) is 3.02. The van der Waals surface area contributed by atoms with Gasteiger partial charge in [-0.15, -0.1) is 0 Å². The monoisotopic (exact) mass is 140 g/mol. The van der Waals surface area contributed by atoms with E-state index in [0.717, 1.165) is 12.0 Å². The summed E-state index contributed by atoms with van der Waals surface area (Å²) in [6.07, 6.45) is 7.71. The fraction of sp³-hybridized carbons (Fsp3) is 1.00. The Balaban J connectivity index is 1.82. The van der Waals surface area contributed by atoms with E-state index in [-0.39, 0.29) is 0 Å². The van der Waals surface area contributed by atoms with Crippen LogP contribution in [0.15, 0.2) is 0 Å². The molecule has 2 aliphatic rings. The van der Waals surface area contributed by atoms with Crippen molar-refractivity contribution >= 4 is 0 Å². The second kappa shape index (κ2) is 2.23. The third kappa shape index (κ3) is 1.07. The number of hydrogen-bond acceptors (Lipinski definition) is 1. The maximum Gasteiger partial charge on any atom is 0.0580 e. The average Bonchev–Trinajstić information content (AvgIpc) is 2.52. The Bertz CT molecular complexity index is 127. The zero-order chi connectivity index (χ0) is 7.03. The zero-order valence-corrected chi connectivity index (χ0v) is 6.73. The van der Waals surface area contributed by atoms with Crippen molar-refractivity contribution in [2.45, 2.75) is 45.1 Å². The van der Waals surface area contributed by atoms with Crippen molar-refractivity contribution < 1.29 is 4.74 Å². The fourth-order valence-electron chi connectivity index (χ4n) is 2.16. The highest BCUT2D eigenvalue weighted by atomic mass is 16.5. The van der Waals surface area contributed by atoms with E-state index >= 15 is 0 Å². The Morgan fingerprint density at radius 1 is 1.40 bits per heavy atom. The van der Waals surface area contributed by atoms with Gasteiger partial charge in [-0.3, -0.25) is 0 Å². The molecule has 0 radical (unpaired) electrons. The number of hydrogen-bond donors (Lipinski definition) is 0. The maximum atomic E-state index is 5.58. The molecule has 0 bridgehead atoms. The molecule has 0 saturated heterocycles. The minimum atomic E-state index is 0.618. The molecule has 1 heteroatoms. The summed E-state index contributed by atoms with van der Waals surface area (Å²) >= 11 is 0. The molecule has 0 amide bonds. The highest BCUT2D eigenvalue weighted by Gasteiger charge is 2.48. The lowest BCUT2D eigenvalue weighted by molar-refractivity contribution is 0.0645. The normalized spacial score (nSPS) is 35.1. The lowest BCUT2D eigenvalue weighted by Gasteiger charge is -2.08. The molecule has 2 aliphatic carbocycles. The molecule has 2 rings (SSSR count). The van der Waals surface area contributed by atoms with Crippen LogP contribution in [0.1, 0.15) is 39.0 Å². The number of ether oxygens (including phenoxy) is 1. The minimum absolute atomic E-state index is 0.618. The number of rotatable bonds is 2. The third-order valence-corrected chi connectivity index (χ3v) is 3.02. The Morgan fingerprint density at radius 3 is 2.70 bits per heavy atom. The summed E-state index contributed by atoms with van der Waals surface area (Å²) in [5.74, 6) is 0. The predicted molar refractivity (Wildman–Crippen MR) is 40.9 cm³/mol. The van der Waals surface area contributed by atoms with E-state index in [1.54, 1.807) is 0 Å². The SMILES string of the molecule is CCOC1CCC2(CC2)C1. The summed E-state index contributed by atoms with van der Waals surface area (Å²) in [6.45, 7) is 3.00. The van der Waals surface area contributed by atoms with Crippen LogP contribution < -0.4 is 0 Å². The smallest absolute Gasteiger partial charge is 0.0580 e. The predicted octanol–water partition coefficient (Wildman–Crippen LogP) is 2.36. The van der Waals surface area contributed by atoms with Crippen LogP contribution in [0.3, 0.4) is 0 Å². The van der Waals surface area contributed by atoms with E-state index in [1.807, 2.05) is 0 Å². The first-order valence-electron chi connectivity index (χ1n) is 4.46. The molecule has 1 spiro atoms. The van der Waals surface area contributed by atoms with Crippen molar-refractivity contribution in [3.8, 4) is 0 Å². The lowest BCUT2D eigenvalue weighted by atomic mass is 10.1. The van der Waals surface area contributed by atoms with Gasteiger partial charge in [0.1, 0.15) is 0 Å². The zero-order valence-electron chi connectivity index (χ0n) is 6.73. The Labute approximate surface area is 62.8 Å². The van der Waals surface area contributed by atoms with Crippen LogP contribution in [0.4, 0.5) is 0 Å². The van der Waals surface area contributed by atoms with Crippen molar-refractivity contribution in [3.63, 3.8) is 0 Å². The van der Waals surface area contributed by atoms with Gasteiger partial charge in [0.2, 0.25) is 0 Å². The van der Waals surface area contributed by atoms with Gasteiger partial charge in [0.05, 0.1) is 6.10 Å². The van der Waals surface area contributed by atoms with Gasteiger partial charge in [0, 0.05) is 6.61 Å². The van der Waals surface area contributed by atoms with Gasteiger partial charge < -0.3 is 4.74 Å². The molecule has 2 fully saturated rings. The molecule has 0 aromatic rings. The van der Waals surface area contributed by atoms with Crippen LogP contribution in [0.25, 0.3) is 0 Å². The molecule has 0 aromatic heterocycles. The molecule has 0 N–H and O–H groups in total. The summed E-state index contributed by atoms with van der Waals surface area (Å²) < 4.78 is 5.58. The van der Waals surface area contributed by atoms with E-state index in [0.29, 0.717) is 6.10 Å². The summed E-state index contributed by atoms with van der Waals surface area (Å²) in [6, 6.07) is 0. The quantitative estimate of drug-likeness (QED) is 0.572. The van der Waals surface area contributed by atoms with Gasteiger partial charge in [0.15, 0.2) is 0 Å². The molecule has 1 unspecified atom stereocenters. The van der Waals surface area contributed by atoms with Crippen molar-refractivity contribution in [1.82, 2.24) is 0 Å². The molecular formula is C9H16O. The topological polar surface area (TPSA) is 9.23 Å². The average molecular weight is 140 g/mol. The van der Waals surface area contributed by atoms with Crippen LogP contribution in [0.5, 0.6) is 0 Å². The van der Waals surface area contributed by atoms with Crippen LogP contribution in [-0.2, 0) is 4.74 Å². The molecule has 2 saturated carbocycles. The largest absolute Gasteiger partial charge is 0.378 e. The lowest BCUT2D eigenvalue weighted by Crippen LogP contribution is -2.07. The first-order chi connectivity index (χ1) is 4.85. The first kappa shape index (κ1) is 6.66. The van der Waals surface area contributed by atoms with Crippen molar-refractivity contribution in [3.05, 3.63) is 0 Å². The van der Waals surface area contributed by atoms with E-state index in [1.165, 1.54) is 32.1 Å². The second-order valence-corrected chi connectivity index (χ2v) is 3.82. The summed E-state index contributed by atoms with van der Waals surface area (Å²) in [5.41, 5.74) is 0.792. The van der Waals surface area contributed by atoms with Crippen LogP contribution in [0, 0.1) is 5.41 Å². The summed E-state index contributed by atoms with van der Waals surface area (Å²) in [4.78, 5) is 0. The highest BCUT2D eigenvalue weighted by Crippen LogP contribution is 2.58. The molecule has 1 atom stereocenters. The van der Waals surface area contributed by atoms with Gasteiger partial charge in [-0.05, 0) is 44.4 Å². The molecule has 0 heterocycles. The molecule has 0 aliphatic heterocycles. The van der Waals surface area contributed by atoms with E-state index in [9.17, 15) is 0 Å².